The first-order chi connectivity index (χ1) is 10.7. The van der Waals surface area contributed by atoms with E-state index in [1.807, 2.05) is 24.3 Å². The van der Waals surface area contributed by atoms with Crippen LogP contribution in [0.2, 0.25) is 0 Å². The fraction of sp³-hybridized carbons (Fsp3) is 0.0625. The lowest BCUT2D eigenvalue weighted by molar-refractivity contribution is 0.471. The number of nitrogens with zero attached hydrogens (tertiary/aromatic N) is 4. The molecule has 22 heavy (non-hydrogen) atoms. The second kappa shape index (κ2) is 6.00. The molecular weight excluding hydrogens is 344 g/mol. The minimum Gasteiger partial charge on any atom is -0.507 e. The molecule has 1 atom stereocenters. The number of nitriles is 1. The maximum atomic E-state index is 9.68. The van der Waals surface area contributed by atoms with Crippen LogP contribution < -0.4 is 0 Å². The Labute approximate surface area is 135 Å². The van der Waals surface area contributed by atoms with Gasteiger partial charge in [-0.2, -0.15) is 10.4 Å². The van der Waals surface area contributed by atoms with Crippen molar-refractivity contribution in [1.82, 2.24) is 14.8 Å². The Balaban J connectivity index is 2.11. The lowest BCUT2D eigenvalue weighted by Crippen LogP contribution is -2.13. The smallest absolute Gasteiger partial charge is 0.137 e. The molecule has 1 heterocycles. The number of benzene rings is 2. The molecule has 3 rings (SSSR count). The molecule has 0 amide bonds. The first-order valence-corrected chi connectivity index (χ1v) is 7.31. The zero-order chi connectivity index (χ0) is 15.5. The Bertz CT molecular complexity index is 822. The molecule has 5 nitrogen and oxygen atoms in total. The van der Waals surface area contributed by atoms with Gasteiger partial charge in [-0.1, -0.05) is 18.2 Å². The minimum absolute atomic E-state index is 0.181. The molecule has 0 spiro atoms. The summed E-state index contributed by atoms with van der Waals surface area (Å²) in [5.74, 6) is 0.181. The van der Waals surface area contributed by atoms with Crippen LogP contribution in [-0.4, -0.2) is 19.9 Å². The van der Waals surface area contributed by atoms with Crippen molar-refractivity contribution in [3.63, 3.8) is 0 Å². The van der Waals surface area contributed by atoms with Crippen molar-refractivity contribution in [2.45, 2.75) is 6.04 Å². The van der Waals surface area contributed by atoms with E-state index in [9.17, 15) is 5.11 Å². The third-order valence-corrected chi connectivity index (χ3v) is 3.98. The van der Waals surface area contributed by atoms with E-state index in [-0.39, 0.29) is 11.8 Å². The average molecular weight is 355 g/mol. The Hall–Kier alpha value is -2.65. The van der Waals surface area contributed by atoms with Crippen LogP contribution in [0.5, 0.6) is 5.75 Å². The van der Waals surface area contributed by atoms with Crippen LogP contribution in [0, 0.1) is 11.3 Å². The molecule has 0 aliphatic carbocycles. The van der Waals surface area contributed by atoms with Crippen LogP contribution in [0.3, 0.4) is 0 Å². The summed E-state index contributed by atoms with van der Waals surface area (Å²) in [6.45, 7) is 0. The fourth-order valence-electron chi connectivity index (χ4n) is 2.28. The second-order valence-corrected chi connectivity index (χ2v) is 5.58. The largest absolute Gasteiger partial charge is 0.507 e. The van der Waals surface area contributed by atoms with Gasteiger partial charge in [-0.05, 0) is 51.3 Å². The summed E-state index contributed by atoms with van der Waals surface area (Å²) in [7, 11) is 0. The summed E-state index contributed by atoms with van der Waals surface area (Å²) in [6, 6.07) is 14.6. The standard InChI is InChI=1S/C16H11BrN4O/c17-14-7-13(5-6-15(14)22)16(21-10-19-9-20-21)12-3-1-11(8-18)2-4-12/h1-7,9-10,16,22H/t16-/m0/s1. The van der Waals surface area contributed by atoms with Gasteiger partial charge in [0, 0.05) is 0 Å². The number of aromatic hydroxyl groups is 1. The summed E-state index contributed by atoms with van der Waals surface area (Å²) in [5, 5.41) is 22.8. The highest BCUT2D eigenvalue weighted by molar-refractivity contribution is 9.10. The van der Waals surface area contributed by atoms with Crippen LogP contribution in [0.1, 0.15) is 22.7 Å². The van der Waals surface area contributed by atoms with Crippen LogP contribution in [-0.2, 0) is 0 Å². The molecule has 0 fully saturated rings. The third kappa shape index (κ3) is 2.71. The summed E-state index contributed by atoms with van der Waals surface area (Å²) >= 11 is 3.33. The Morgan fingerprint density at radius 1 is 1.14 bits per heavy atom. The number of phenolic OH excluding ortho intramolecular Hbond substituents is 1. The minimum atomic E-state index is -0.188. The quantitative estimate of drug-likeness (QED) is 0.783. The zero-order valence-electron chi connectivity index (χ0n) is 11.4. The van der Waals surface area contributed by atoms with E-state index in [0.717, 1.165) is 11.1 Å². The van der Waals surface area contributed by atoms with E-state index >= 15 is 0 Å². The highest BCUT2D eigenvalue weighted by atomic mass is 79.9. The zero-order valence-corrected chi connectivity index (χ0v) is 13.0. The summed E-state index contributed by atoms with van der Waals surface area (Å²) in [6.07, 6.45) is 3.12. The number of rotatable bonds is 3. The SMILES string of the molecule is N#Cc1ccc([C@@H](c2ccc(O)c(Br)c2)n2cncn2)cc1. The fourth-order valence-corrected chi connectivity index (χ4v) is 2.68. The van der Waals surface area contributed by atoms with E-state index in [2.05, 4.69) is 32.1 Å². The molecule has 2 aromatic carbocycles. The number of hydrogen-bond donors (Lipinski definition) is 1. The predicted molar refractivity (Wildman–Crippen MR) is 84.2 cm³/mol. The molecule has 6 heteroatoms. The van der Waals surface area contributed by atoms with E-state index in [0.29, 0.717) is 10.0 Å². The Morgan fingerprint density at radius 3 is 2.45 bits per heavy atom. The lowest BCUT2D eigenvalue weighted by Gasteiger charge is -2.18. The van der Waals surface area contributed by atoms with Gasteiger partial charge < -0.3 is 5.11 Å². The Kier molecular flexibility index (Phi) is 3.90. The molecule has 1 aromatic heterocycles. The first-order valence-electron chi connectivity index (χ1n) is 6.51. The molecule has 0 saturated heterocycles. The second-order valence-electron chi connectivity index (χ2n) is 4.72. The van der Waals surface area contributed by atoms with Crippen LogP contribution in [0.25, 0.3) is 0 Å². The van der Waals surface area contributed by atoms with Gasteiger partial charge in [0.1, 0.15) is 24.4 Å². The van der Waals surface area contributed by atoms with E-state index in [1.54, 1.807) is 29.2 Å². The summed E-state index contributed by atoms with van der Waals surface area (Å²) in [5.41, 5.74) is 2.52. The number of hydrogen-bond acceptors (Lipinski definition) is 4. The summed E-state index contributed by atoms with van der Waals surface area (Å²) < 4.78 is 2.35. The predicted octanol–water partition coefficient (Wildman–Crippen LogP) is 3.26. The van der Waals surface area contributed by atoms with Crippen molar-refractivity contribution in [2.24, 2.45) is 0 Å². The van der Waals surface area contributed by atoms with Crippen molar-refractivity contribution in [1.29, 1.82) is 5.26 Å². The van der Waals surface area contributed by atoms with Gasteiger partial charge in [0.25, 0.3) is 0 Å². The van der Waals surface area contributed by atoms with Gasteiger partial charge in [-0.15, -0.1) is 0 Å². The topological polar surface area (TPSA) is 74.7 Å². The number of halogens is 1. The maximum Gasteiger partial charge on any atom is 0.137 e. The molecule has 0 radical (unpaired) electrons. The van der Waals surface area contributed by atoms with Crippen molar-refractivity contribution in [3.8, 4) is 11.8 Å². The first kappa shape index (κ1) is 14.3. The number of phenols is 1. The van der Waals surface area contributed by atoms with Crippen molar-refractivity contribution in [2.75, 3.05) is 0 Å². The van der Waals surface area contributed by atoms with Gasteiger partial charge in [0.15, 0.2) is 0 Å². The maximum absolute atomic E-state index is 9.68. The molecule has 0 saturated carbocycles. The van der Waals surface area contributed by atoms with E-state index in [1.165, 1.54) is 6.33 Å². The van der Waals surface area contributed by atoms with Crippen molar-refractivity contribution < 1.29 is 5.11 Å². The van der Waals surface area contributed by atoms with Gasteiger partial charge in [-0.25, -0.2) is 9.67 Å². The molecule has 0 bridgehead atoms. The molecule has 0 aliphatic heterocycles. The number of aromatic nitrogens is 3. The molecule has 0 aliphatic rings. The van der Waals surface area contributed by atoms with Crippen LogP contribution in [0.15, 0.2) is 59.6 Å². The van der Waals surface area contributed by atoms with Crippen LogP contribution >= 0.6 is 15.9 Å². The van der Waals surface area contributed by atoms with Crippen LogP contribution in [0.4, 0.5) is 0 Å². The Morgan fingerprint density at radius 2 is 1.86 bits per heavy atom. The molecule has 1 N–H and O–H groups in total. The lowest BCUT2D eigenvalue weighted by atomic mass is 9.98. The van der Waals surface area contributed by atoms with E-state index < -0.39 is 0 Å². The molecule has 108 valence electrons. The van der Waals surface area contributed by atoms with Gasteiger partial charge in [0.2, 0.25) is 0 Å². The third-order valence-electron chi connectivity index (χ3n) is 3.34. The molecular formula is C16H11BrN4O. The van der Waals surface area contributed by atoms with Gasteiger partial charge >= 0.3 is 0 Å². The highest BCUT2D eigenvalue weighted by Gasteiger charge is 2.18. The average Bonchev–Trinajstić information content (AvgIpc) is 3.06. The van der Waals surface area contributed by atoms with Crippen molar-refractivity contribution in [3.05, 3.63) is 76.3 Å². The van der Waals surface area contributed by atoms with Gasteiger partial charge in [0.05, 0.1) is 16.1 Å². The normalized spacial score (nSPS) is 11.8. The molecule has 3 aromatic rings. The van der Waals surface area contributed by atoms with E-state index in [4.69, 9.17) is 5.26 Å². The monoisotopic (exact) mass is 354 g/mol. The highest BCUT2D eigenvalue weighted by Crippen LogP contribution is 2.31. The molecule has 0 unspecified atom stereocenters. The summed E-state index contributed by atoms with van der Waals surface area (Å²) in [4.78, 5) is 4.01. The van der Waals surface area contributed by atoms with Crippen molar-refractivity contribution >= 4 is 15.9 Å². The van der Waals surface area contributed by atoms with Gasteiger partial charge in [-0.3, -0.25) is 0 Å².